The first kappa shape index (κ1) is 31.9. The smallest absolute Gasteiger partial charge is 0.251 e. The van der Waals surface area contributed by atoms with Crippen LogP contribution in [0.3, 0.4) is 0 Å². The van der Waals surface area contributed by atoms with Crippen LogP contribution in [0.1, 0.15) is 54.2 Å². The number of fused-ring (bicyclic) bond motifs is 1. The third-order valence-electron chi connectivity index (χ3n) is 8.01. The monoisotopic (exact) mass is 670 g/mol. The molecule has 0 radical (unpaired) electrons. The van der Waals surface area contributed by atoms with Gasteiger partial charge in [-0.15, -0.1) is 0 Å². The van der Waals surface area contributed by atoms with Crippen LogP contribution in [0, 0.1) is 17.6 Å². The summed E-state index contributed by atoms with van der Waals surface area (Å²) in [6.45, 7) is 1.59. The van der Waals surface area contributed by atoms with Gasteiger partial charge in [0.1, 0.15) is 33.5 Å². The van der Waals surface area contributed by atoms with Crippen molar-refractivity contribution >= 4 is 45.9 Å². The second kappa shape index (κ2) is 12.6. The van der Waals surface area contributed by atoms with Crippen LogP contribution < -0.4 is 20.5 Å². The minimum Gasteiger partial charge on any atom is -0.491 e. The van der Waals surface area contributed by atoms with Gasteiger partial charge in [-0.25, -0.2) is 18.7 Å². The molecule has 13 heteroatoms. The molecule has 2 aromatic carbocycles. The number of pyridine rings is 2. The van der Waals surface area contributed by atoms with E-state index >= 15 is 0 Å². The quantitative estimate of drug-likeness (QED) is 0.127. The molecule has 0 unspecified atom stereocenters. The van der Waals surface area contributed by atoms with Gasteiger partial charge in [0.2, 0.25) is 5.91 Å². The van der Waals surface area contributed by atoms with E-state index in [1.165, 1.54) is 12.1 Å². The van der Waals surface area contributed by atoms with E-state index < -0.39 is 34.1 Å². The first-order chi connectivity index (χ1) is 22.0. The number of aromatic nitrogens is 2. The number of hydrogen-bond donors (Lipinski definition) is 3. The third-order valence-corrected chi connectivity index (χ3v) is 8.59. The zero-order valence-corrected chi connectivity index (χ0v) is 26.2. The van der Waals surface area contributed by atoms with E-state index in [-0.39, 0.29) is 65.4 Å². The van der Waals surface area contributed by atoms with E-state index in [1.807, 2.05) is 0 Å². The molecule has 0 spiro atoms. The molecule has 4 N–H and O–H groups in total. The lowest BCUT2D eigenvalue weighted by molar-refractivity contribution is -0.117. The van der Waals surface area contributed by atoms with Crippen LogP contribution >= 0.6 is 23.2 Å². The highest BCUT2D eigenvalue weighted by molar-refractivity contribution is 6.33. The predicted octanol–water partition coefficient (Wildman–Crippen LogP) is 5.88. The standard InChI is InChI=1S/C33H30Cl2F2N4O5/c1-2-45-31-17(14-26(38)42)13-24(40-30(31)21-8-9-22(36)28(37)27(21)35)33(44,19-4-5-19)15-39-32(43)18-11-16-3-10-25(34)41-29(16)23(12-18)46-20-6-7-20/h3,8-13,19-20,44H,2,4-7,14-15H2,1H3,(H2,38,42)(H,39,43)/t33-/m1/s1. The molecule has 6 rings (SSSR count). The van der Waals surface area contributed by atoms with Gasteiger partial charge >= 0.3 is 0 Å². The van der Waals surface area contributed by atoms with Crippen molar-refractivity contribution in [3.63, 3.8) is 0 Å². The normalized spacial score (nSPS) is 15.8. The van der Waals surface area contributed by atoms with Gasteiger partial charge in [-0.1, -0.05) is 23.2 Å². The zero-order chi connectivity index (χ0) is 32.7. The van der Waals surface area contributed by atoms with Crippen LogP contribution in [0.2, 0.25) is 10.2 Å². The topological polar surface area (TPSA) is 137 Å². The summed E-state index contributed by atoms with van der Waals surface area (Å²) in [6.07, 6.45) is 2.81. The summed E-state index contributed by atoms with van der Waals surface area (Å²) in [5, 5.41) is 15.4. The Morgan fingerprint density at radius 1 is 1.09 bits per heavy atom. The Hall–Kier alpha value is -4.06. The Bertz CT molecular complexity index is 1870. The molecule has 1 atom stereocenters. The maximum atomic E-state index is 14.6. The molecule has 9 nitrogen and oxygen atoms in total. The van der Waals surface area contributed by atoms with Crippen molar-refractivity contribution in [3.8, 4) is 22.8 Å². The molecule has 4 aromatic rings. The fraction of sp³-hybridized carbons (Fsp3) is 0.333. The summed E-state index contributed by atoms with van der Waals surface area (Å²) in [7, 11) is 0. The number of primary amides is 1. The van der Waals surface area contributed by atoms with Crippen LogP contribution in [-0.2, 0) is 16.8 Å². The van der Waals surface area contributed by atoms with E-state index in [2.05, 4.69) is 15.3 Å². The molecule has 240 valence electrons. The Balaban J connectivity index is 1.39. The first-order valence-corrected chi connectivity index (χ1v) is 15.6. The second-order valence-corrected chi connectivity index (χ2v) is 12.3. The highest BCUT2D eigenvalue weighted by Gasteiger charge is 2.47. The number of amides is 2. The van der Waals surface area contributed by atoms with Crippen LogP contribution in [0.5, 0.6) is 11.5 Å². The third kappa shape index (κ3) is 6.44. The fourth-order valence-electron chi connectivity index (χ4n) is 5.41. The maximum Gasteiger partial charge on any atom is 0.251 e. The highest BCUT2D eigenvalue weighted by Crippen LogP contribution is 2.47. The van der Waals surface area contributed by atoms with E-state index in [9.17, 15) is 23.5 Å². The fourth-order valence-corrected chi connectivity index (χ4v) is 5.80. The molecule has 2 aromatic heterocycles. The average Bonchev–Trinajstić information content (AvgIpc) is 3.95. The molecular formula is C33H30Cl2F2N4O5. The minimum atomic E-state index is -1.72. The summed E-state index contributed by atoms with van der Waals surface area (Å²) in [5.74, 6) is -3.40. The van der Waals surface area contributed by atoms with Gasteiger partial charge in [-0.05, 0) is 81.0 Å². The number of halogens is 4. The number of carbonyl (C=O) groups is 2. The molecule has 2 heterocycles. The molecule has 2 aliphatic rings. The van der Waals surface area contributed by atoms with Crippen LogP contribution in [-0.4, -0.2) is 46.1 Å². The van der Waals surface area contributed by atoms with Gasteiger partial charge in [-0.2, -0.15) is 0 Å². The van der Waals surface area contributed by atoms with Gasteiger partial charge in [0, 0.05) is 22.1 Å². The Morgan fingerprint density at radius 3 is 2.52 bits per heavy atom. The van der Waals surface area contributed by atoms with Gasteiger partial charge in [0.15, 0.2) is 11.6 Å². The zero-order valence-electron chi connectivity index (χ0n) is 24.7. The van der Waals surface area contributed by atoms with Crippen molar-refractivity contribution in [2.45, 2.75) is 50.7 Å². The largest absolute Gasteiger partial charge is 0.491 e. The number of hydrogen-bond acceptors (Lipinski definition) is 7. The van der Waals surface area contributed by atoms with Crippen molar-refractivity contribution in [3.05, 3.63) is 81.1 Å². The highest BCUT2D eigenvalue weighted by atomic mass is 35.5. The lowest BCUT2D eigenvalue weighted by atomic mass is 9.90. The first-order valence-electron chi connectivity index (χ1n) is 14.8. The van der Waals surface area contributed by atoms with Crippen LogP contribution in [0.15, 0.2) is 42.5 Å². The van der Waals surface area contributed by atoms with E-state index in [1.54, 1.807) is 31.2 Å². The number of carbonyl (C=O) groups excluding carboxylic acids is 2. The Kier molecular flexibility index (Phi) is 8.75. The SMILES string of the molecule is CCOc1c(CC(N)=O)cc([C@@](O)(CNC(=O)c2cc(OC3CC3)c3nc(Cl)ccc3c2)C2CC2)nc1-c1ccc(F)c(F)c1Cl. The number of nitrogens with zero attached hydrogens (tertiary/aromatic N) is 2. The lowest BCUT2D eigenvalue weighted by Crippen LogP contribution is -2.43. The number of nitrogens with two attached hydrogens (primary N) is 1. The molecule has 2 aliphatic carbocycles. The van der Waals surface area contributed by atoms with Crippen molar-refractivity contribution < 1.29 is 33.0 Å². The maximum absolute atomic E-state index is 14.6. The number of benzene rings is 2. The molecule has 0 aliphatic heterocycles. The summed E-state index contributed by atoms with van der Waals surface area (Å²) in [4.78, 5) is 34.7. The molecule has 0 bridgehead atoms. The predicted molar refractivity (Wildman–Crippen MR) is 168 cm³/mol. The summed E-state index contributed by atoms with van der Waals surface area (Å²) in [5.41, 5.74) is 4.99. The molecular weight excluding hydrogens is 641 g/mol. The van der Waals surface area contributed by atoms with E-state index in [0.29, 0.717) is 34.6 Å². The molecule has 2 saturated carbocycles. The van der Waals surface area contributed by atoms with Crippen molar-refractivity contribution in [1.82, 2.24) is 15.3 Å². The van der Waals surface area contributed by atoms with Crippen LogP contribution in [0.4, 0.5) is 8.78 Å². The Morgan fingerprint density at radius 2 is 1.85 bits per heavy atom. The second-order valence-electron chi connectivity index (χ2n) is 11.5. The van der Waals surface area contributed by atoms with E-state index in [0.717, 1.165) is 18.9 Å². The van der Waals surface area contributed by atoms with Gasteiger partial charge in [0.05, 0.1) is 36.4 Å². The number of rotatable bonds is 12. The summed E-state index contributed by atoms with van der Waals surface area (Å²) >= 11 is 12.4. The number of nitrogens with one attached hydrogen (secondary N) is 1. The van der Waals surface area contributed by atoms with Crippen LogP contribution in [0.25, 0.3) is 22.2 Å². The number of aliphatic hydroxyl groups is 1. The van der Waals surface area contributed by atoms with Gasteiger partial charge in [0.25, 0.3) is 5.91 Å². The van der Waals surface area contributed by atoms with Crippen molar-refractivity contribution in [1.29, 1.82) is 0 Å². The summed E-state index contributed by atoms with van der Waals surface area (Å²) < 4.78 is 40.4. The average molecular weight is 672 g/mol. The molecule has 0 saturated heterocycles. The van der Waals surface area contributed by atoms with Crippen molar-refractivity contribution in [2.24, 2.45) is 11.7 Å². The summed E-state index contributed by atoms with van der Waals surface area (Å²) in [6, 6.07) is 10.3. The lowest BCUT2D eigenvalue weighted by Gasteiger charge is -2.30. The Labute approximate surface area is 273 Å². The molecule has 46 heavy (non-hydrogen) atoms. The van der Waals surface area contributed by atoms with E-state index in [4.69, 9.17) is 38.4 Å². The minimum absolute atomic E-state index is 0.00698. The number of ether oxygens (including phenoxy) is 2. The van der Waals surface area contributed by atoms with Gasteiger partial charge < -0.3 is 25.6 Å². The van der Waals surface area contributed by atoms with Gasteiger partial charge in [-0.3, -0.25) is 9.59 Å². The molecule has 2 fully saturated rings. The van der Waals surface area contributed by atoms with Crippen molar-refractivity contribution in [2.75, 3.05) is 13.2 Å². The molecule has 2 amide bonds.